The maximum atomic E-state index is 12.7. The van der Waals surface area contributed by atoms with E-state index in [9.17, 15) is 14.4 Å². The summed E-state index contributed by atoms with van der Waals surface area (Å²) >= 11 is 0. The van der Waals surface area contributed by atoms with Crippen molar-refractivity contribution in [3.05, 3.63) is 146 Å². The van der Waals surface area contributed by atoms with Crippen LogP contribution < -0.4 is 0 Å². The average Bonchev–Trinajstić information content (AvgIpc) is 3.24. The van der Waals surface area contributed by atoms with E-state index in [0.29, 0.717) is 12.8 Å². The molecule has 6 nitrogen and oxygen atoms in total. The summed E-state index contributed by atoms with van der Waals surface area (Å²) in [6.45, 7) is 6.12. The van der Waals surface area contributed by atoms with Crippen LogP contribution >= 0.6 is 0 Å². The number of unbranched alkanes of at least 4 members (excludes halogenated alkanes) is 4. The molecular weight excluding hydrogens is 745 g/mol. The van der Waals surface area contributed by atoms with Gasteiger partial charge in [0.25, 0.3) is 0 Å². The largest absolute Gasteiger partial charge is 0.462 e. The Hall–Kier alpha value is -4.71. The fourth-order valence-electron chi connectivity index (χ4n) is 5.25. The topological polar surface area (TPSA) is 78.9 Å². The lowest BCUT2D eigenvalue weighted by molar-refractivity contribution is -0.166. The van der Waals surface area contributed by atoms with Crippen LogP contribution in [0, 0.1) is 0 Å². The number of hydrogen-bond donors (Lipinski definition) is 0. The molecule has 1 atom stereocenters. The number of allylic oxidation sites excluding steroid dienone is 23. The van der Waals surface area contributed by atoms with Crippen LogP contribution in [0.4, 0.5) is 0 Å². The van der Waals surface area contributed by atoms with Crippen LogP contribution in [0.1, 0.15) is 156 Å². The van der Waals surface area contributed by atoms with E-state index in [2.05, 4.69) is 142 Å². The van der Waals surface area contributed by atoms with Gasteiger partial charge in [-0.2, -0.15) is 0 Å². The zero-order valence-corrected chi connectivity index (χ0v) is 37.6. The predicted molar refractivity (Wildman–Crippen MR) is 255 cm³/mol. The second-order valence-corrected chi connectivity index (χ2v) is 14.2. The van der Waals surface area contributed by atoms with Gasteiger partial charge in [0.2, 0.25) is 0 Å². The standard InChI is InChI=1S/C54H80O6/c1-4-7-10-13-16-19-21-23-25-27-29-30-32-35-38-41-44-47-53(56)59-50-51(49-58-52(55)46-43-40-37-34-18-15-12-9-6-3)60-54(57)48-45-42-39-36-33-31-28-26-24-22-20-17-14-11-8-5-2/h8-9,11-12,16-20,23-26,29-31,33-35,38-40,42-43,51H,4-7,10,13-15,21-22,27-28,32,36-37,41,44-50H2,1-3H3/b11-8-,12-9-,19-16-,20-17-,25-23-,26-24-,30-29-,33-31-,34-18-,38-35-,42-39-,43-40-. The van der Waals surface area contributed by atoms with Crippen LogP contribution in [0.3, 0.4) is 0 Å². The van der Waals surface area contributed by atoms with Crippen molar-refractivity contribution in [3.8, 4) is 0 Å². The number of rotatable bonds is 38. The monoisotopic (exact) mass is 825 g/mol. The maximum Gasteiger partial charge on any atom is 0.309 e. The van der Waals surface area contributed by atoms with E-state index in [0.717, 1.165) is 77.0 Å². The van der Waals surface area contributed by atoms with E-state index in [1.165, 1.54) is 25.7 Å². The molecule has 0 N–H and O–H groups in total. The summed E-state index contributed by atoms with van der Waals surface area (Å²) in [5.74, 6) is -1.25. The third kappa shape index (κ3) is 44.4. The quantitative estimate of drug-likeness (QED) is 0.0267. The molecule has 6 heteroatoms. The van der Waals surface area contributed by atoms with Crippen molar-refractivity contribution in [1.82, 2.24) is 0 Å². The van der Waals surface area contributed by atoms with Crippen molar-refractivity contribution < 1.29 is 28.6 Å². The third-order valence-corrected chi connectivity index (χ3v) is 8.61. The van der Waals surface area contributed by atoms with Gasteiger partial charge in [0.15, 0.2) is 6.10 Å². The van der Waals surface area contributed by atoms with Gasteiger partial charge in [-0.05, 0) is 103 Å². The minimum absolute atomic E-state index is 0.103. The molecule has 332 valence electrons. The lowest BCUT2D eigenvalue weighted by Crippen LogP contribution is -2.30. The Balaban J connectivity index is 4.66. The Morgan fingerprint density at radius 1 is 0.367 bits per heavy atom. The van der Waals surface area contributed by atoms with Crippen LogP contribution in [0.2, 0.25) is 0 Å². The molecule has 0 radical (unpaired) electrons. The molecule has 0 spiro atoms. The van der Waals surface area contributed by atoms with Crippen LogP contribution in [-0.4, -0.2) is 37.2 Å². The highest BCUT2D eigenvalue weighted by Gasteiger charge is 2.19. The van der Waals surface area contributed by atoms with Gasteiger partial charge in [-0.15, -0.1) is 0 Å². The fraction of sp³-hybridized carbons (Fsp3) is 0.500. The summed E-state index contributed by atoms with van der Waals surface area (Å²) in [7, 11) is 0. The van der Waals surface area contributed by atoms with Crippen molar-refractivity contribution >= 4 is 17.9 Å². The Kier molecular flexibility index (Phi) is 43.3. The highest BCUT2D eigenvalue weighted by molar-refractivity contribution is 5.72. The van der Waals surface area contributed by atoms with Gasteiger partial charge in [-0.3, -0.25) is 14.4 Å². The lowest BCUT2D eigenvalue weighted by Gasteiger charge is -2.18. The van der Waals surface area contributed by atoms with Crippen molar-refractivity contribution in [1.29, 1.82) is 0 Å². The molecule has 0 saturated heterocycles. The summed E-state index contributed by atoms with van der Waals surface area (Å²) in [5.41, 5.74) is 0. The number of hydrogen-bond acceptors (Lipinski definition) is 6. The Bertz CT molecular complexity index is 1410. The molecule has 0 bridgehead atoms. The SMILES string of the molecule is CC/C=C\C/C=C\C/C=C\C/C=C\C/C=C\CCC(=O)OC(COC(=O)C/C=C\C/C=C\C/C=C\CC)COC(=O)CCC/C=C\C/C=C\C/C=C\C/C=C\CCCCC. The Morgan fingerprint density at radius 3 is 1.17 bits per heavy atom. The van der Waals surface area contributed by atoms with Crippen molar-refractivity contribution in [2.45, 2.75) is 162 Å². The molecule has 0 aromatic carbocycles. The normalized spacial score (nSPS) is 13.4. The molecule has 0 aromatic heterocycles. The van der Waals surface area contributed by atoms with E-state index in [1.54, 1.807) is 6.08 Å². The van der Waals surface area contributed by atoms with Crippen LogP contribution in [0.15, 0.2) is 146 Å². The second-order valence-electron chi connectivity index (χ2n) is 14.2. The van der Waals surface area contributed by atoms with Gasteiger partial charge in [-0.1, -0.05) is 179 Å². The summed E-state index contributed by atoms with van der Waals surface area (Å²) < 4.78 is 16.5. The van der Waals surface area contributed by atoms with Gasteiger partial charge in [-0.25, -0.2) is 0 Å². The van der Waals surface area contributed by atoms with Crippen LogP contribution in [0.5, 0.6) is 0 Å². The molecule has 0 heterocycles. The summed E-state index contributed by atoms with van der Waals surface area (Å²) in [6, 6.07) is 0. The molecule has 0 aliphatic heterocycles. The lowest BCUT2D eigenvalue weighted by atomic mass is 10.2. The van der Waals surface area contributed by atoms with E-state index in [4.69, 9.17) is 14.2 Å². The van der Waals surface area contributed by atoms with Gasteiger partial charge in [0.1, 0.15) is 13.2 Å². The first-order valence-corrected chi connectivity index (χ1v) is 22.8. The van der Waals surface area contributed by atoms with E-state index in [1.807, 2.05) is 18.2 Å². The number of carbonyl (C=O) groups is 3. The van der Waals surface area contributed by atoms with Crippen molar-refractivity contribution in [2.24, 2.45) is 0 Å². The molecule has 0 saturated carbocycles. The second kappa shape index (κ2) is 47.0. The number of carbonyl (C=O) groups excluding carboxylic acids is 3. The first-order valence-electron chi connectivity index (χ1n) is 22.8. The van der Waals surface area contributed by atoms with Gasteiger partial charge in [0, 0.05) is 12.8 Å². The van der Waals surface area contributed by atoms with Crippen LogP contribution in [0.25, 0.3) is 0 Å². The smallest absolute Gasteiger partial charge is 0.309 e. The van der Waals surface area contributed by atoms with Gasteiger partial charge < -0.3 is 14.2 Å². The Labute approximate surface area is 366 Å². The molecule has 0 rings (SSSR count). The summed E-state index contributed by atoms with van der Waals surface area (Å²) in [4.78, 5) is 37.6. The molecular formula is C54H80O6. The van der Waals surface area contributed by atoms with Gasteiger partial charge >= 0.3 is 17.9 Å². The molecule has 1 unspecified atom stereocenters. The average molecular weight is 825 g/mol. The maximum absolute atomic E-state index is 12.7. The number of ether oxygens (including phenoxy) is 3. The zero-order chi connectivity index (χ0) is 43.7. The zero-order valence-electron chi connectivity index (χ0n) is 37.6. The summed E-state index contributed by atoms with van der Waals surface area (Å²) in [6.07, 6.45) is 67.4. The van der Waals surface area contributed by atoms with Crippen LogP contribution in [-0.2, 0) is 28.6 Å². The molecule has 0 aromatic rings. The predicted octanol–water partition coefficient (Wildman–Crippen LogP) is 14.9. The van der Waals surface area contributed by atoms with E-state index < -0.39 is 18.0 Å². The minimum Gasteiger partial charge on any atom is -0.462 e. The number of esters is 3. The van der Waals surface area contributed by atoms with Gasteiger partial charge in [0.05, 0.1) is 6.42 Å². The Morgan fingerprint density at radius 2 is 0.733 bits per heavy atom. The minimum atomic E-state index is -0.879. The third-order valence-electron chi connectivity index (χ3n) is 8.61. The fourth-order valence-corrected chi connectivity index (χ4v) is 5.25. The molecule has 0 aliphatic carbocycles. The van der Waals surface area contributed by atoms with Crippen molar-refractivity contribution in [3.63, 3.8) is 0 Å². The van der Waals surface area contributed by atoms with Crippen molar-refractivity contribution in [2.75, 3.05) is 13.2 Å². The molecule has 60 heavy (non-hydrogen) atoms. The summed E-state index contributed by atoms with van der Waals surface area (Å²) in [5, 5.41) is 0. The van der Waals surface area contributed by atoms with E-state index in [-0.39, 0.29) is 38.4 Å². The highest BCUT2D eigenvalue weighted by atomic mass is 16.6. The first kappa shape index (κ1) is 55.3. The first-order chi connectivity index (χ1) is 29.5. The molecule has 0 amide bonds. The molecule has 0 aliphatic rings. The molecule has 0 fully saturated rings. The van der Waals surface area contributed by atoms with E-state index >= 15 is 0 Å². The highest BCUT2D eigenvalue weighted by Crippen LogP contribution is 2.07.